The van der Waals surface area contributed by atoms with Crippen molar-refractivity contribution in [3.63, 3.8) is 0 Å². The molecule has 12 heavy (non-hydrogen) atoms. The van der Waals surface area contributed by atoms with Crippen molar-refractivity contribution in [2.75, 3.05) is 7.05 Å². The summed E-state index contributed by atoms with van der Waals surface area (Å²) < 4.78 is 0. The minimum atomic E-state index is 0.602. The third-order valence-electron chi connectivity index (χ3n) is 1.94. The summed E-state index contributed by atoms with van der Waals surface area (Å²) >= 11 is 0. The second-order valence-electron chi connectivity index (χ2n) is 2.97. The molecule has 0 bridgehead atoms. The molecule has 0 aromatic carbocycles. The van der Waals surface area contributed by atoms with Gasteiger partial charge in [0.05, 0.1) is 0 Å². The highest BCUT2D eigenvalue weighted by Crippen LogP contribution is 2.16. The first kappa shape index (κ1) is 11.2. The van der Waals surface area contributed by atoms with Crippen LogP contribution in [0, 0.1) is 5.92 Å². The van der Waals surface area contributed by atoms with Crippen molar-refractivity contribution in [3.05, 3.63) is 24.3 Å². The van der Waals surface area contributed by atoms with Gasteiger partial charge in [-0.15, -0.1) is 0 Å². The van der Waals surface area contributed by atoms with Gasteiger partial charge in [0.1, 0.15) is 0 Å². The Morgan fingerprint density at radius 2 is 2.25 bits per heavy atom. The summed E-state index contributed by atoms with van der Waals surface area (Å²) in [6, 6.07) is 0. The highest BCUT2D eigenvalue weighted by molar-refractivity contribution is 5.72. The molecule has 0 fully saturated rings. The molecule has 0 N–H and O–H groups in total. The van der Waals surface area contributed by atoms with E-state index in [2.05, 4.69) is 25.4 Å². The summed E-state index contributed by atoms with van der Waals surface area (Å²) in [7, 11) is 1.78. The summed E-state index contributed by atoms with van der Waals surface area (Å²) in [6.07, 6.45) is 8.21. The van der Waals surface area contributed by atoms with Crippen LogP contribution < -0.4 is 0 Å². The van der Waals surface area contributed by atoms with Crippen molar-refractivity contribution in [1.29, 1.82) is 0 Å². The maximum Gasteiger partial charge on any atom is 0.0277 e. The van der Waals surface area contributed by atoms with E-state index in [1.807, 2.05) is 18.4 Å². The van der Waals surface area contributed by atoms with Gasteiger partial charge in [0.2, 0.25) is 0 Å². The summed E-state index contributed by atoms with van der Waals surface area (Å²) in [6.45, 7) is 8.21. The van der Waals surface area contributed by atoms with Crippen LogP contribution in [0.15, 0.2) is 29.3 Å². The van der Waals surface area contributed by atoms with Crippen LogP contribution in [-0.2, 0) is 0 Å². The third kappa shape index (κ3) is 4.12. The minimum absolute atomic E-state index is 0.602. The lowest BCUT2D eigenvalue weighted by Crippen LogP contribution is -1.96. The van der Waals surface area contributed by atoms with Gasteiger partial charge < -0.3 is 0 Å². The molecular weight excluding hydrogens is 146 g/mol. The fourth-order valence-electron chi connectivity index (χ4n) is 1.19. The van der Waals surface area contributed by atoms with E-state index in [1.54, 1.807) is 7.05 Å². The first-order chi connectivity index (χ1) is 5.76. The number of nitrogens with zero attached hydrogens (tertiary/aromatic N) is 1. The molecule has 0 amide bonds. The van der Waals surface area contributed by atoms with Crippen LogP contribution in [0.4, 0.5) is 0 Å². The molecule has 0 rings (SSSR count). The summed E-state index contributed by atoms with van der Waals surface area (Å²) in [5.74, 6) is 0.602. The number of hydrogen-bond donors (Lipinski definition) is 0. The van der Waals surface area contributed by atoms with Gasteiger partial charge in [0, 0.05) is 13.3 Å². The molecule has 68 valence electrons. The zero-order valence-corrected chi connectivity index (χ0v) is 8.38. The van der Waals surface area contributed by atoms with E-state index in [0.29, 0.717) is 5.92 Å². The van der Waals surface area contributed by atoms with Crippen LogP contribution in [0.5, 0.6) is 0 Å². The van der Waals surface area contributed by atoms with Crippen LogP contribution in [-0.4, -0.2) is 13.3 Å². The fourth-order valence-corrected chi connectivity index (χ4v) is 1.19. The molecule has 0 aromatic rings. The van der Waals surface area contributed by atoms with Crippen molar-refractivity contribution in [2.24, 2.45) is 10.9 Å². The summed E-state index contributed by atoms with van der Waals surface area (Å²) in [5, 5.41) is 0. The average molecular weight is 165 g/mol. The lowest BCUT2D eigenvalue weighted by atomic mass is 9.96. The quantitative estimate of drug-likeness (QED) is 0.438. The molecule has 1 heteroatoms. The Morgan fingerprint density at radius 3 is 2.67 bits per heavy atom. The minimum Gasteiger partial charge on any atom is -0.297 e. The van der Waals surface area contributed by atoms with Gasteiger partial charge in [-0.25, -0.2) is 0 Å². The van der Waals surface area contributed by atoms with E-state index in [0.717, 1.165) is 0 Å². The molecule has 0 aromatic heterocycles. The Labute approximate surface area is 75.9 Å². The van der Waals surface area contributed by atoms with Crippen LogP contribution in [0.3, 0.4) is 0 Å². The highest BCUT2D eigenvalue weighted by Gasteiger charge is 2.02. The molecular formula is C11H19N. The van der Waals surface area contributed by atoms with Crippen LogP contribution >= 0.6 is 0 Å². The van der Waals surface area contributed by atoms with E-state index in [9.17, 15) is 0 Å². The molecule has 1 atom stereocenters. The maximum atomic E-state index is 3.92. The van der Waals surface area contributed by atoms with Gasteiger partial charge in [-0.2, -0.15) is 0 Å². The summed E-state index contributed by atoms with van der Waals surface area (Å²) in [5.41, 5.74) is 1.28. The Hall–Kier alpha value is -0.850. The molecule has 0 spiro atoms. The van der Waals surface area contributed by atoms with Gasteiger partial charge in [0.15, 0.2) is 0 Å². The van der Waals surface area contributed by atoms with E-state index >= 15 is 0 Å². The fraction of sp³-hybridized carbons (Fsp3) is 0.545. The largest absolute Gasteiger partial charge is 0.297 e. The molecule has 0 aliphatic heterocycles. The Bertz CT molecular complexity index is 177. The predicted molar refractivity (Wildman–Crippen MR) is 56.8 cm³/mol. The Morgan fingerprint density at radius 1 is 1.58 bits per heavy atom. The molecule has 0 aliphatic rings. The second kappa shape index (κ2) is 6.84. The number of allylic oxidation sites excluding steroid dienone is 3. The van der Waals surface area contributed by atoms with E-state index in [4.69, 9.17) is 0 Å². The SMILES string of the molecule is C=C/C(=C\C=NC)C(C)CCC. The van der Waals surface area contributed by atoms with Crippen molar-refractivity contribution in [2.45, 2.75) is 26.7 Å². The summed E-state index contributed by atoms with van der Waals surface area (Å²) in [4.78, 5) is 3.92. The maximum absolute atomic E-state index is 3.92. The zero-order chi connectivity index (χ0) is 9.40. The Kier molecular flexibility index (Phi) is 6.35. The molecule has 0 heterocycles. The van der Waals surface area contributed by atoms with Crippen molar-refractivity contribution < 1.29 is 0 Å². The van der Waals surface area contributed by atoms with E-state index in [-0.39, 0.29) is 0 Å². The van der Waals surface area contributed by atoms with Crippen molar-refractivity contribution >= 4 is 6.21 Å². The number of rotatable bonds is 5. The van der Waals surface area contributed by atoms with Crippen LogP contribution in [0.25, 0.3) is 0 Å². The lowest BCUT2D eigenvalue weighted by molar-refractivity contribution is 0.614. The monoisotopic (exact) mass is 165 g/mol. The normalized spacial score (nSPS) is 15.1. The molecule has 0 saturated carbocycles. The predicted octanol–water partition coefficient (Wildman–Crippen LogP) is 3.24. The van der Waals surface area contributed by atoms with Gasteiger partial charge >= 0.3 is 0 Å². The second-order valence-corrected chi connectivity index (χ2v) is 2.97. The molecule has 1 unspecified atom stereocenters. The molecule has 1 nitrogen and oxygen atoms in total. The zero-order valence-electron chi connectivity index (χ0n) is 8.38. The first-order valence-electron chi connectivity index (χ1n) is 4.51. The van der Waals surface area contributed by atoms with Crippen molar-refractivity contribution in [3.8, 4) is 0 Å². The molecule has 0 radical (unpaired) electrons. The highest BCUT2D eigenvalue weighted by atomic mass is 14.6. The average Bonchev–Trinajstić information content (AvgIpc) is 2.06. The van der Waals surface area contributed by atoms with Crippen LogP contribution in [0.1, 0.15) is 26.7 Å². The van der Waals surface area contributed by atoms with E-state index < -0.39 is 0 Å². The topological polar surface area (TPSA) is 12.4 Å². The van der Waals surface area contributed by atoms with Gasteiger partial charge in [-0.1, -0.05) is 32.9 Å². The Balaban J connectivity index is 4.22. The van der Waals surface area contributed by atoms with Gasteiger partial charge in [-0.3, -0.25) is 4.99 Å². The first-order valence-corrected chi connectivity index (χ1v) is 4.51. The van der Waals surface area contributed by atoms with E-state index in [1.165, 1.54) is 18.4 Å². The smallest absolute Gasteiger partial charge is 0.0277 e. The molecule has 0 saturated heterocycles. The number of aliphatic imine (C=N–C) groups is 1. The van der Waals surface area contributed by atoms with Crippen LogP contribution in [0.2, 0.25) is 0 Å². The standard InChI is InChI=1S/C11H19N/c1-5-7-10(3)11(6-2)8-9-12-4/h6,8-10H,2,5,7H2,1,3-4H3/b11-8+,12-9?. The number of hydrogen-bond acceptors (Lipinski definition) is 1. The van der Waals surface area contributed by atoms with Crippen molar-refractivity contribution in [1.82, 2.24) is 0 Å². The van der Waals surface area contributed by atoms with Gasteiger partial charge in [-0.05, 0) is 24.0 Å². The molecule has 0 aliphatic carbocycles. The third-order valence-corrected chi connectivity index (χ3v) is 1.94. The van der Waals surface area contributed by atoms with Gasteiger partial charge in [0.25, 0.3) is 0 Å². The lowest BCUT2D eigenvalue weighted by Gasteiger charge is -2.09.